The number of carbonyl (C=O) groups is 4. The molecule has 0 aromatic heterocycles. The Balaban J connectivity index is 2.86. The van der Waals surface area contributed by atoms with Crippen LogP contribution in [0.4, 0.5) is 0 Å². The average molecular weight is 482 g/mol. The summed E-state index contributed by atoms with van der Waals surface area (Å²) in [5.74, 6) is -3.71. The van der Waals surface area contributed by atoms with Gasteiger partial charge in [0.25, 0.3) is 0 Å². The van der Waals surface area contributed by atoms with Gasteiger partial charge in [-0.25, -0.2) is 4.79 Å². The van der Waals surface area contributed by atoms with Crippen LogP contribution in [0.15, 0.2) is 30.3 Å². The number of nitrogens with two attached hydrogens (primary N) is 2. The van der Waals surface area contributed by atoms with Crippen LogP contribution in [0, 0.1) is 0 Å². The summed E-state index contributed by atoms with van der Waals surface area (Å²) in [4.78, 5) is 49.2. The van der Waals surface area contributed by atoms with Crippen molar-refractivity contribution in [1.82, 2.24) is 16.0 Å². The molecule has 5 atom stereocenters. The summed E-state index contributed by atoms with van der Waals surface area (Å²) < 4.78 is 0. The third-order valence-electron chi connectivity index (χ3n) is 5.12. The fourth-order valence-electron chi connectivity index (χ4n) is 3.04. The highest BCUT2D eigenvalue weighted by atomic mass is 16.4. The van der Waals surface area contributed by atoms with E-state index in [1.54, 1.807) is 30.3 Å². The van der Waals surface area contributed by atoms with Gasteiger partial charge in [0, 0.05) is 6.42 Å². The number of hydrogen-bond acceptors (Lipinski definition) is 8. The van der Waals surface area contributed by atoms with Gasteiger partial charge >= 0.3 is 5.97 Å². The van der Waals surface area contributed by atoms with Crippen LogP contribution >= 0.6 is 0 Å². The average Bonchev–Trinajstić information content (AvgIpc) is 2.81. The summed E-state index contributed by atoms with van der Waals surface area (Å²) in [6, 6.07) is 3.53. The van der Waals surface area contributed by atoms with Crippen LogP contribution in [0.1, 0.15) is 31.7 Å². The van der Waals surface area contributed by atoms with Gasteiger partial charge in [0.1, 0.15) is 24.2 Å². The van der Waals surface area contributed by atoms with Crippen LogP contribution in [0.2, 0.25) is 0 Å². The van der Waals surface area contributed by atoms with E-state index in [9.17, 15) is 34.5 Å². The van der Waals surface area contributed by atoms with E-state index in [-0.39, 0.29) is 12.8 Å². The predicted molar refractivity (Wildman–Crippen MR) is 123 cm³/mol. The Morgan fingerprint density at radius 1 is 0.912 bits per heavy atom. The molecule has 12 nitrogen and oxygen atoms in total. The number of aliphatic hydroxyl groups is 2. The van der Waals surface area contributed by atoms with Gasteiger partial charge in [-0.1, -0.05) is 30.3 Å². The normalized spacial score (nSPS) is 15.3. The molecule has 190 valence electrons. The quantitative estimate of drug-likeness (QED) is 0.125. The Bertz CT molecular complexity index is 806. The third-order valence-corrected chi connectivity index (χ3v) is 5.12. The van der Waals surface area contributed by atoms with Crippen molar-refractivity contribution in [3.63, 3.8) is 0 Å². The largest absolute Gasteiger partial charge is 0.480 e. The number of carboxylic acids is 1. The molecule has 0 aliphatic carbocycles. The van der Waals surface area contributed by atoms with Gasteiger partial charge in [-0.15, -0.1) is 0 Å². The second-order valence-corrected chi connectivity index (χ2v) is 7.94. The lowest BCUT2D eigenvalue weighted by atomic mass is 10.0. The van der Waals surface area contributed by atoms with E-state index in [2.05, 4.69) is 16.0 Å². The number of hydrogen-bond donors (Lipinski definition) is 8. The molecule has 0 fully saturated rings. The van der Waals surface area contributed by atoms with Gasteiger partial charge in [0.05, 0.1) is 12.7 Å². The maximum Gasteiger partial charge on any atom is 0.326 e. The molecular formula is C22H35N5O7. The second-order valence-electron chi connectivity index (χ2n) is 7.94. The molecule has 1 aromatic carbocycles. The molecule has 34 heavy (non-hydrogen) atoms. The molecule has 0 saturated carbocycles. The Labute approximate surface area is 198 Å². The molecule has 0 aliphatic rings. The fourth-order valence-corrected chi connectivity index (χ4v) is 3.04. The molecule has 0 radical (unpaired) electrons. The SMILES string of the molecule is CC(O)C(N)C(=O)NC(CCCCN)C(=O)NC(CO)C(=O)NC(Cc1ccccc1)C(=O)O. The number of benzene rings is 1. The Hall–Kier alpha value is -3.06. The summed E-state index contributed by atoms with van der Waals surface area (Å²) in [6.07, 6.45) is 0.0791. The van der Waals surface area contributed by atoms with Crippen molar-refractivity contribution in [3.8, 4) is 0 Å². The van der Waals surface area contributed by atoms with E-state index in [4.69, 9.17) is 11.5 Å². The number of amides is 3. The first-order chi connectivity index (χ1) is 16.1. The van der Waals surface area contributed by atoms with E-state index in [1.165, 1.54) is 6.92 Å². The first-order valence-electron chi connectivity index (χ1n) is 11.0. The molecule has 3 amide bonds. The second kappa shape index (κ2) is 15.0. The lowest BCUT2D eigenvalue weighted by Gasteiger charge is -2.25. The van der Waals surface area contributed by atoms with Crippen molar-refractivity contribution in [2.24, 2.45) is 11.5 Å². The zero-order valence-corrected chi connectivity index (χ0v) is 19.1. The monoisotopic (exact) mass is 481 g/mol. The Morgan fingerprint density at radius 3 is 2.00 bits per heavy atom. The smallest absolute Gasteiger partial charge is 0.326 e. The van der Waals surface area contributed by atoms with Crippen LogP contribution in [-0.2, 0) is 25.6 Å². The topological polar surface area (TPSA) is 217 Å². The highest BCUT2D eigenvalue weighted by Crippen LogP contribution is 2.05. The van der Waals surface area contributed by atoms with Gasteiger partial charge in [0.2, 0.25) is 17.7 Å². The number of carbonyl (C=O) groups excluding carboxylic acids is 3. The predicted octanol–water partition coefficient (Wildman–Crippen LogP) is -2.40. The van der Waals surface area contributed by atoms with Crippen LogP contribution in [-0.4, -0.2) is 82.4 Å². The van der Waals surface area contributed by atoms with E-state index in [0.717, 1.165) is 0 Å². The molecule has 0 bridgehead atoms. The van der Waals surface area contributed by atoms with Crippen molar-refractivity contribution < 1.29 is 34.5 Å². The number of aliphatic carboxylic acids is 1. The minimum Gasteiger partial charge on any atom is -0.480 e. The lowest BCUT2D eigenvalue weighted by Crippen LogP contribution is -2.59. The Morgan fingerprint density at radius 2 is 1.47 bits per heavy atom. The molecule has 12 heteroatoms. The molecule has 0 saturated heterocycles. The summed E-state index contributed by atoms with van der Waals surface area (Å²) in [7, 11) is 0. The number of carboxylic acid groups (broad SMARTS) is 1. The first-order valence-corrected chi connectivity index (χ1v) is 11.0. The molecule has 0 aliphatic heterocycles. The summed E-state index contributed by atoms with van der Waals surface area (Å²) in [6.45, 7) is 0.898. The van der Waals surface area contributed by atoms with E-state index >= 15 is 0 Å². The zero-order valence-electron chi connectivity index (χ0n) is 19.1. The minimum absolute atomic E-state index is 0.00299. The van der Waals surface area contributed by atoms with Crippen molar-refractivity contribution in [2.45, 2.75) is 62.9 Å². The summed E-state index contributed by atoms with van der Waals surface area (Å²) in [5.41, 5.74) is 11.8. The van der Waals surface area contributed by atoms with E-state index in [0.29, 0.717) is 24.9 Å². The van der Waals surface area contributed by atoms with Crippen molar-refractivity contribution in [2.75, 3.05) is 13.2 Å². The molecule has 0 heterocycles. The van der Waals surface area contributed by atoms with E-state index < -0.39 is 60.6 Å². The summed E-state index contributed by atoms with van der Waals surface area (Å²) in [5, 5.41) is 35.7. The first kappa shape index (κ1) is 29.0. The highest BCUT2D eigenvalue weighted by molar-refractivity contribution is 5.94. The van der Waals surface area contributed by atoms with Gasteiger partial charge < -0.3 is 42.7 Å². The number of aliphatic hydroxyl groups excluding tert-OH is 2. The highest BCUT2D eigenvalue weighted by Gasteiger charge is 2.30. The fraction of sp³-hybridized carbons (Fsp3) is 0.545. The zero-order chi connectivity index (χ0) is 25.7. The Kier molecular flexibility index (Phi) is 12.7. The van der Waals surface area contributed by atoms with Crippen LogP contribution in [0.5, 0.6) is 0 Å². The van der Waals surface area contributed by atoms with Crippen LogP contribution < -0.4 is 27.4 Å². The molecule has 0 spiro atoms. The number of nitrogens with one attached hydrogen (secondary N) is 3. The van der Waals surface area contributed by atoms with E-state index in [1.807, 2.05) is 0 Å². The standard InChI is InChI=1S/C22H35N5O7/c1-13(29)18(24)21(32)25-15(9-5-6-10-23)19(30)27-17(12-28)20(31)26-16(22(33)34)11-14-7-3-2-4-8-14/h2-4,7-8,13,15-18,28-29H,5-6,9-12,23-24H2,1H3,(H,25,32)(H,26,31)(H,27,30)(H,33,34). The molecule has 1 aromatic rings. The van der Waals surface area contributed by atoms with Crippen molar-refractivity contribution in [3.05, 3.63) is 35.9 Å². The molecular weight excluding hydrogens is 446 g/mol. The molecule has 1 rings (SSSR count). The number of rotatable bonds is 15. The van der Waals surface area contributed by atoms with Crippen LogP contribution in [0.25, 0.3) is 0 Å². The van der Waals surface area contributed by atoms with Crippen molar-refractivity contribution >= 4 is 23.7 Å². The number of unbranched alkanes of at least 4 members (excludes halogenated alkanes) is 1. The minimum atomic E-state index is -1.45. The molecule has 10 N–H and O–H groups in total. The van der Waals surface area contributed by atoms with Gasteiger partial charge in [-0.05, 0) is 38.3 Å². The summed E-state index contributed by atoms with van der Waals surface area (Å²) >= 11 is 0. The van der Waals surface area contributed by atoms with Gasteiger partial charge in [0.15, 0.2) is 0 Å². The molecule has 5 unspecified atom stereocenters. The maximum atomic E-state index is 12.8. The van der Waals surface area contributed by atoms with Gasteiger partial charge in [-0.2, -0.15) is 0 Å². The van der Waals surface area contributed by atoms with Crippen molar-refractivity contribution in [1.29, 1.82) is 0 Å². The lowest BCUT2D eigenvalue weighted by molar-refractivity contribution is -0.142. The van der Waals surface area contributed by atoms with Gasteiger partial charge in [-0.3, -0.25) is 14.4 Å². The maximum absolute atomic E-state index is 12.8. The van der Waals surface area contributed by atoms with Crippen LogP contribution in [0.3, 0.4) is 0 Å². The third kappa shape index (κ3) is 9.83.